The van der Waals surface area contributed by atoms with Gasteiger partial charge in [0.05, 0.1) is 5.02 Å². The lowest BCUT2D eigenvalue weighted by molar-refractivity contribution is 0.103. The highest BCUT2D eigenvalue weighted by molar-refractivity contribution is 6.35. The molecule has 166 valence electrons. The van der Waals surface area contributed by atoms with E-state index in [1.807, 2.05) is 55.5 Å². The van der Waals surface area contributed by atoms with Crippen molar-refractivity contribution in [3.05, 3.63) is 94.0 Å². The monoisotopic (exact) mass is 447 g/mol. The molecular formula is C27H30ClN3O. The van der Waals surface area contributed by atoms with Gasteiger partial charge in [0.25, 0.3) is 0 Å². The Labute approximate surface area is 195 Å². The molecule has 4 rings (SSSR count). The summed E-state index contributed by atoms with van der Waals surface area (Å²) in [4.78, 5) is 17.9. The van der Waals surface area contributed by atoms with Gasteiger partial charge in [-0.1, -0.05) is 54.1 Å². The number of nitrogens with one attached hydrogen (secondary N) is 1. The molecule has 0 atom stereocenters. The van der Waals surface area contributed by atoms with Crippen molar-refractivity contribution >= 4 is 28.8 Å². The Morgan fingerprint density at radius 2 is 1.66 bits per heavy atom. The summed E-state index contributed by atoms with van der Waals surface area (Å²) in [6.45, 7) is 7.50. The normalized spacial score (nSPS) is 15.0. The zero-order valence-corrected chi connectivity index (χ0v) is 19.5. The molecule has 0 bridgehead atoms. The Kier molecular flexibility index (Phi) is 7.26. The zero-order chi connectivity index (χ0) is 22.5. The number of hydrogen-bond donors (Lipinski definition) is 1. The summed E-state index contributed by atoms with van der Waals surface area (Å²) in [6.07, 6.45) is 0.991. The first-order valence-electron chi connectivity index (χ1n) is 11.2. The van der Waals surface area contributed by atoms with Crippen LogP contribution in [-0.2, 0) is 6.42 Å². The second kappa shape index (κ2) is 10.3. The first-order chi connectivity index (χ1) is 15.5. The molecule has 1 aliphatic heterocycles. The summed E-state index contributed by atoms with van der Waals surface area (Å²) in [5, 5.41) is 3.96. The molecule has 0 saturated carbocycles. The van der Waals surface area contributed by atoms with E-state index in [4.69, 9.17) is 11.6 Å². The molecule has 32 heavy (non-hydrogen) atoms. The van der Waals surface area contributed by atoms with Crippen LogP contribution in [0.25, 0.3) is 0 Å². The predicted octanol–water partition coefficient (Wildman–Crippen LogP) is 5.41. The molecule has 0 amide bonds. The fourth-order valence-corrected chi connectivity index (χ4v) is 4.38. The largest absolute Gasteiger partial charge is 0.355 e. The van der Waals surface area contributed by atoms with Crippen molar-refractivity contribution in [3.8, 4) is 0 Å². The first-order valence-corrected chi connectivity index (χ1v) is 11.5. The van der Waals surface area contributed by atoms with E-state index >= 15 is 0 Å². The number of anilines is 2. The number of aryl methyl sites for hydroxylation is 1. The van der Waals surface area contributed by atoms with Crippen LogP contribution >= 0.6 is 11.6 Å². The maximum Gasteiger partial charge on any atom is 0.194 e. The molecule has 1 heterocycles. The number of carbonyl (C=O) groups excluding carboxylic acids is 1. The summed E-state index contributed by atoms with van der Waals surface area (Å²) in [7, 11) is 2.18. The fraction of sp³-hybridized carbons (Fsp3) is 0.296. The standard InChI is InChI=1S/C27H30ClN3O/c1-20-7-3-5-9-23(20)27(32)24-12-11-22(19-25(24)28)29-26-10-6-4-8-21(26)13-14-31-17-15-30(2)16-18-31/h3-12,19,29H,13-18H2,1-2H3. The Morgan fingerprint density at radius 1 is 0.938 bits per heavy atom. The van der Waals surface area contributed by atoms with Gasteiger partial charge < -0.3 is 15.1 Å². The number of nitrogens with zero attached hydrogens (tertiary/aromatic N) is 2. The SMILES string of the molecule is Cc1ccccc1C(=O)c1ccc(Nc2ccccc2CCN2CCN(C)CC2)cc1Cl. The van der Waals surface area contributed by atoms with Crippen LogP contribution in [0.4, 0.5) is 11.4 Å². The smallest absolute Gasteiger partial charge is 0.194 e. The summed E-state index contributed by atoms with van der Waals surface area (Å²) in [5.41, 5.74) is 5.39. The number of rotatable bonds is 7. The number of hydrogen-bond acceptors (Lipinski definition) is 4. The van der Waals surface area contributed by atoms with Gasteiger partial charge in [-0.2, -0.15) is 0 Å². The summed E-state index contributed by atoms with van der Waals surface area (Å²) < 4.78 is 0. The van der Waals surface area contributed by atoms with Gasteiger partial charge >= 0.3 is 0 Å². The van der Waals surface area contributed by atoms with E-state index in [1.165, 1.54) is 5.56 Å². The number of likely N-dealkylation sites (N-methyl/N-ethyl adjacent to an activating group) is 1. The van der Waals surface area contributed by atoms with Crippen LogP contribution in [0.3, 0.4) is 0 Å². The second-order valence-corrected chi connectivity index (χ2v) is 8.92. The minimum Gasteiger partial charge on any atom is -0.355 e. The van der Waals surface area contributed by atoms with Crippen LogP contribution in [0.15, 0.2) is 66.7 Å². The van der Waals surface area contributed by atoms with Crippen molar-refractivity contribution in [2.24, 2.45) is 0 Å². The van der Waals surface area contributed by atoms with Gasteiger partial charge in [-0.25, -0.2) is 0 Å². The molecule has 3 aromatic rings. The molecule has 1 N–H and O–H groups in total. The summed E-state index contributed by atoms with van der Waals surface area (Å²) in [6, 6.07) is 21.6. The quantitative estimate of drug-likeness (QED) is 0.491. The Bertz CT molecular complexity index is 1090. The van der Waals surface area contributed by atoms with E-state index in [1.54, 1.807) is 0 Å². The molecule has 5 heteroatoms. The molecule has 0 aromatic heterocycles. The van der Waals surface area contributed by atoms with E-state index in [-0.39, 0.29) is 5.78 Å². The van der Waals surface area contributed by atoms with Gasteiger partial charge in [0.1, 0.15) is 0 Å². The van der Waals surface area contributed by atoms with Crippen molar-refractivity contribution in [3.63, 3.8) is 0 Å². The molecule has 0 radical (unpaired) electrons. The highest BCUT2D eigenvalue weighted by atomic mass is 35.5. The van der Waals surface area contributed by atoms with Gasteiger partial charge in [0, 0.05) is 55.2 Å². The van der Waals surface area contributed by atoms with E-state index in [9.17, 15) is 4.79 Å². The molecular weight excluding hydrogens is 418 g/mol. The summed E-state index contributed by atoms with van der Waals surface area (Å²) >= 11 is 6.54. The molecule has 4 nitrogen and oxygen atoms in total. The molecule has 0 spiro atoms. The minimum atomic E-state index is -0.0489. The number of halogens is 1. The number of benzene rings is 3. The third-order valence-electron chi connectivity index (χ3n) is 6.19. The van der Waals surface area contributed by atoms with Crippen LogP contribution in [0.5, 0.6) is 0 Å². The third kappa shape index (κ3) is 5.39. The minimum absolute atomic E-state index is 0.0489. The lowest BCUT2D eigenvalue weighted by Gasteiger charge is -2.32. The zero-order valence-electron chi connectivity index (χ0n) is 18.8. The lowest BCUT2D eigenvalue weighted by Crippen LogP contribution is -2.45. The Morgan fingerprint density at radius 3 is 2.41 bits per heavy atom. The van der Waals surface area contributed by atoms with Crippen molar-refractivity contribution in [1.82, 2.24) is 9.80 Å². The van der Waals surface area contributed by atoms with E-state index in [0.29, 0.717) is 16.1 Å². The average Bonchev–Trinajstić information content (AvgIpc) is 2.80. The molecule has 1 aliphatic rings. The van der Waals surface area contributed by atoms with E-state index in [2.05, 4.69) is 40.4 Å². The number of ketones is 1. The highest BCUT2D eigenvalue weighted by Gasteiger charge is 2.16. The topological polar surface area (TPSA) is 35.6 Å². The van der Waals surface area contributed by atoms with Crippen molar-refractivity contribution in [1.29, 1.82) is 0 Å². The van der Waals surface area contributed by atoms with Crippen LogP contribution in [-0.4, -0.2) is 55.4 Å². The van der Waals surface area contributed by atoms with Crippen LogP contribution in [0, 0.1) is 6.92 Å². The molecule has 0 aliphatic carbocycles. The predicted molar refractivity (Wildman–Crippen MR) is 133 cm³/mol. The number of para-hydroxylation sites is 1. The van der Waals surface area contributed by atoms with Crippen LogP contribution in [0.2, 0.25) is 5.02 Å². The number of carbonyl (C=O) groups is 1. The van der Waals surface area contributed by atoms with E-state index < -0.39 is 0 Å². The van der Waals surface area contributed by atoms with Gasteiger partial charge in [-0.3, -0.25) is 4.79 Å². The molecule has 0 unspecified atom stereocenters. The van der Waals surface area contributed by atoms with Crippen molar-refractivity contribution in [2.45, 2.75) is 13.3 Å². The van der Waals surface area contributed by atoms with Gasteiger partial charge in [0.2, 0.25) is 0 Å². The highest BCUT2D eigenvalue weighted by Crippen LogP contribution is 2.28. The molecule has 1 fully saturated rings. The van der Waals surface area contributed by atoms with Crippen molar-refractivity contribution < 1.29 is 4.79 Å². The average molecular weight is 448 g/mol. The van der Waals surface area contributed by atoms with E-state index in [0.717, 1.165) is 56.1 Å². The lowest BCUT2D eigenvalue weighted by atomic mass is 9.99. The van der Waals surface area contributed by atoms with Crippen molar-refractivity contribution in [2.75, 3.05) is 45.1 Å². The summed E-state index contributed by atoms with van der Waals surface area (Å²) in [5.74, 6) is -0.0489. The number of piperazine rings is 1. The molecule has 1 saturated heterocycles. The Hall–Kier alpha value is -2.66. The van der Waals surface area contributed by atoms with Crippen LogP contribution in [0.1, 0.15) is 27.0 Å². The maximum absolute atomic E-state index is 13.0. The fourth-order valence-electron chi connectivity index (χ4n) is 4.12. The third-order valence-corrected chi connectivity index (χ3v) is 6.51. The van der Waals surface area contributed by atoms with Gasteiger partial charge in [0.15, 0.2) is 5.78 Å². The van der Waals surface area contributed by atoms with Gasteiger partial charge in [-0.15, -0.1) is 0 Å². The van der Waals surface area contributed by atoms with Crippen LogP contribution < -0.4 is 5.32 Å². The maximum atomic E-state index is 13.0. The molecule has 3 aromatic carbocycles. The van der Waals surface area contributed by atoms with Gasteiger partial charge in [-0.05, 0) is 55.8 Å². The first kappa shape index (κ1) is 22.5. The Balaban J connectivity index is 1.46. The second-order valence-electron chi connectivity index (χ2n) is 8.52.